The minimum atomic E-state index is -0.583. The van der Waals surface area contributed by atoms with Gasteiger partial charge in [0.25, 0.3) is 0 Å². The Hall–Kier alpha value is -1.51. The largest absolute Gasteiger partial charge is 0.502 e. The molecular weight excluding hydrogens is 250 g/mol. The lowest BCUT2D eigenvalue weighted by Gasteiger charge is -2.07. The van der Waals surface area contributed by atoms with E-state index in [4.69, 9.17) is 18.4 Å². The third-order valence-corrected chi connectivity index (χ3v) is 2.63. The summed E-state index contributed by atoms with van der Waals surface area (Å²) < 4.78 is 17.3. The maximum Gasteiger partial charge on any atom is 0.326 e. The minimum Gasteiger partial charge on any atom is -0.502 e. The standard InChI is InChI=1S/C9H9NO6S/c11-7-1-5(14-4-8(7)12)2-15-9(13)6-3-16-17-10-6/h1,4,6,10,12H,2-3H2. The normalized spacial score (nSPS) is 19.2. The van der Waals surface area contributed by atoms with Gasteiger partial charge in [0.15, 0.2) is 5.75 Å². The van der Waals surface area contributed by atoms with Crippen LogP contribution in [0.1, 0.15) is 5.76 Å². The molecular formula is C9H9NO6S. The van der Waals surface area contributed by atoms with Crippen LogP contribution in [0, 0.1) is 0 Å². The summed E-state index contributed by atoms with van der Waals surface area (Å²) in [5.74, 6) is -0.819. The first kappa shape index (κ1) is 12.0. The third-order valence-electron chi connectivity index (χ3n) is 1.99. The fourth-order valence-corrected chi connectivity index (χ4v) is 1.66. The van der Waals surface area contributed by atoms with Crippen molar-refractivity contribution in [3.63, 3.8) is 0 Å². The van der Waals surface area contributed by atoms with Crippen molar-refractivity contribution in [2.24, 2.45) is 0 Å². The molecule has 1 aromatic rings. The molecule has 1 aliphatic heterocycles. The summed E-state index contributed by atoms with van der Waals surface area (Å²) in [6.07, 6.45) is 0.901. The van der Waals surface area contributed by atoms with Crippen LogP contribution in [0.2, 0.25) is 0 Å². The molecule has 0 amide bonds. The van der Waals surface area contributed by atoms with Gasteiger partial charge < -0.3 is 14.3 Å². The zero-order chi connectivity index (χ0) is 12.3. The van der Waals surface area contributed by atoms with Gasteiger partial charge in [-0.2, -0.15) is 0 Å². The molecule has 0 aromatic carbocycles. The lowest BCUT2D eigenvalue weighted by Crippen LogP contribution is -2.32. The van der Waals surface area contributed by atoms with Crippen LogP contribution in [-0.2, 0) is 20.3 Å². The summed E-state index contributed by atoms with van der Waals surface area (Å²) in [6.45, 7) is 0.0558. The first-order valence-electron chi connectivity index (χ1n) is 4.68. The van der Waals surface area contributed by atoms with Crippen molar-refractivity contribution < 1.29 is 23.2 Å². The summed E-state index contributed by atoms with van der Waals surface area (Å²) in [5, 5.41) is 8.95. The molecule has 0 aliphatic carbocycles. The number of esters is 1. The van der Waals surface area contributed by atoms with E-state index in [1.54, 1.807) is 0 Å². The number of carbonyl (C=O) groups is 1. The molecule has 17 heavy (non-hydrogen) atoms. The van der Waals surface area contributed by atoms with Crippen LogP contribution in [0.15, 0.2) is 21.5 Å². The van der Waals surface area contributed by atoms with Gasteiger partial charge >= 0.3 is 5.97 Å². The van der Waals surface area contributed by atoms with E-state index in [1.807, 2.05) is 0 Å². The van der Waals surface area contributed by atoms with E-state index < -0.39 is 23.2 Å². The number of ether oxygens (including phenoxy) is 1. The van der Waals surface area contributed by atoms with Gasteiger partial charge in [-0.15, -0.1) is 0 Å². The van der Waals surface area contributed by atoms with Crippen molar-refractivity contribution in [1.82, 2.24) is 4.72 Å². The van der Waals surface area contributed by atoms with Crippen LogP contribution in [0.4, 0.5) is 0 Å². The van der Waals surface area contributed by atoms with E-state index in [9.17, 15) is 9.59 Å². The highest BCUT2D eigenvalue weighted by Crippen LogP contribution is 2.12. The van der Waals surface area contributed by atoms with Crippen LogP contribution in [0.3, 0.4) is 0 Å². The number of rotatable bonds is 3. The van der Waals surface area contributed by atoms with E-state index in [-0.39, 0.29) is 19.0 Å². The lowest BCUT2D eigenvalue weighted by molar-refractivity contribution is -0.147. The van der Waals surface area contributed by atoms with Crippen molar-refractivity contribution in [3.05, 3.63) is 28.3 Å². The average molecular weight is 259 g/mol. The summed E-state index contributed by atoms with van der Waals surface area (Å²) in [6, 6.07) is 0.541. The van der Waals surface area contributed by atoms with Crippen molar-refractivity contribution in [2.45, 2.75) is 12.6 Å². The molecule has 1 aromatic heterocycles. The van der Waals surface area contributed by atoms with Gasteiger partial charge in [-0.1, -0.05) is 0 Å². The Labute approximate surface area is 100 Å². The second-order valence-corrected chi connectivity index (χ2v) is 3.88. The maximum atomic E-state index is 11.4. The van der Waals surface area contributed by atoms with Gasteiger partial charge in [0.1, 0.15) is 24.7 Å². The minimum absolute atomic E-state index is 0.160. The Morgan fingerprint density at radius 1 is 1.71 bits per heavy atom. The molecule has 1 unspecified atom stereocenters. The molecule has 2 heterocycles. The Balaban J connectivity index is 1.90. The van der Waals surface area contributed by atoms with Gasteiger partial charge in [0.05, 0.1) is 18.8 Å². The SMILES string of the molecule is O=C(OCc1cc(=O)c(O)co1)C1COSN1. The molecule has 92 valence electrons. The predicted molar refractivity (Wildman–Crippen MR) is 56.9 cm³/mol. The fraction of sp³-hybridized carbons (Fsp3) is 0.333. The number of nitrogens with one attached hydrogen (secondary N) is 1. The highest BCUT2D eigenvalue weighted by atomic mass is 32.2. The van der Waals surface area contributed by atoms with Crippen LogP contribution in [0.25, 0.3) is 0 Å². The zero-order valence-corrected chi connectivity index (χ0v) is 9.36. The Morgan fingerprint density at radius 3 is 3.18 bits per heavy atom. The van der Waals surface area contributed by atoms with Gasteiger partial charge in [0.2, 0.25) is 5.43 Å². The van der Waals surface area contributed by atoms with Gasteiger partial charge in [0, 0.05) is 6.07 Å². The Bertz CT molecular complexity index is 467. The van der Waals surface area contributed by atoms with Crippen LogP contribution in [0.5, 0.6) is 5.75 Å². The summed E-state index contributed by atoms with van der Waals surface area (Å²) in [7, 11) is 0. The topological polar surface area (TPSA) is 98.0 Å². The third kappa shape index (κ3) is 2.99. The van der Waals surface area contributed by atoms with Gasteiger partial charge in [-0.3, -0.25) is 13.8 Å². The zero-order valence-electron chi connectivity index (χ0n) is 8.54. The monoisotopic (exact) mass is 259 g/mol. The molecule has 0 radical (unpaired) electrons. The highest BCUT2D eigenvalue weighted by Gasteiger charge is 2.25. The molecule has 2 N–H and O–H groups in total. The molecule has 0 bridgehead atoms. The van der Waals surface area contributed by atoms with Crippen molar-refractivity contribution in [3.8, 4) is 5.75 Å². The van der Waals surface area contributed by atoms with E-state index in [1.165, 1.54) is 0 Å². The molecule has 8 heteroatoms. The molecule has 1 aliphatic rings. The predicted octanol–water partition coefficient (Wildman–Crippen LogP) is -0.0598. The Morgan fingerprint density at radius 2 is 2.53 bits per heavy atom. The van der Waals surface area contributed by atoms with Gasteiger partial charge in [-0.05, 0) is 0 Å². The van der Waals surface area contributed by atoms with E-state index >= 15 is 0 Å². The second-order valence-electron chi connectivity index (χ2n) is 3.24. The molecule has 1 atom stereocenters. The first-order valence-corrected chi connectivity index (χ1v) is 5.42. The smallest absolute Gasteiger partial charge is 0.326 e. The van der Waals surface area contributed by atoms with E-state index in [2.05, 4.69) is 4.72 Å². The number of hydrogen-bond acceptors (Lipinski definition) is 8. The number of carbonyl (C=O) groups excluding carboxylic acids is 1. The highest BCUT2D eigenvalue weighted by molar-refractivity contribution is 7.92. The van der Waals surface area contributed by atoms with E-state index in [0.29, 0.717) is 0 Å². The first-order chi connectivity index (χ1) is 8.16. The number of aromatic hydroxyl groups is 1. The second kappa shape index (κ2) is 5.21. The van der Waals surface area contributed by atoms with E-state index in [0.717, 1.165) is 24.6 Å². The summed E-state index contributed by atoms with van der Waals surface area (Å²) >= 11 is 0.979. The molecule has 1 fully saturated rings. The molecule has 0 spiro atoms. The Kier molecular flexibility index (Phi) is 3.67. The summed E-state index contributed by atoms with van der Waals surface area (Å²) in [4.78, 5) is 22.5. The molecule has 1 saturated heterocycles. The fourth-order valence-electron chi connectivity index (χ4n) is 1.11. The van der Waals surface area contributed by atoms with Crippen LogP contribution >= 0.6 is 12.2 Å². The quantitative estimate of drug-likeness (QED) is 0.442. The maximum absolute atomic E-state index is 11.4. The van der Waals surface area contributed by atoms with Crippen molar-refractivity contribution in [1.29, 1.82) is 0 Å². The number of hydrogen-bond donors (Lipinski definition) is 2. The van der Waals surface area contributed by atoms with Crippen LogP contribution in [-0.4, -0.2) is 23.7 Å². The lowest BCUT2D eigenvalue weighted by atomic mass is 10.3. The van der Waals surface area contributed by atoms with Crippen LogP contribution < -0.4 is 10.2 Å². The molecule has 7 nitrogen and oxygen atoms in total. The molecule has 2 rings (SSSR count). The summed E-state index contributed by atoms with van der Waals surface area (Å²) in [5.41, 5.74) is -0.583. The van der Waals surface area contributed by atoms with Crippen molar-refractivity contribution >= 4 is 18.2 Å². The van der Waals surface area contributed by atoms with Gasteiger partial charge in [-0.25, -0.2) is 4.72 Å². The average Bonchev–Trinajstić information content (AvgIpc) is 2.84. The van der Waals surface area contributed by atoms with Crippen molar-refractivity contribution in [2.75, 3.05) is 6.61 Å². The molecule has 0 saturated carbocycles.